The highest BCUT2D eigenvalue weighted by molar-refractivity contribution is 5.79. The predicted octanol–water partition coefficient (Wildman–Crippen LogP) is 3.57. The fourth-order valence-electron chi connectivity index (χ4n) is 2.12. The minimum atomic E-state index is 0.494. The number of furan rings is 1. The van der Waals surface area contributed by atoms with Crippen molar-refractivity contribution in [2.45, 2.75) is 33.9 Å². The highest BCUT2D eigenvalue weighted by Gasteiger charge is 2.05. The molecule has 2 rings (SSSR count). The number of benzene rings is 1. The first kappa shape index (κ1) is 17.9. The Labute approximate surface area is 144 Å². The molecule has 0 atom stereocenters. The number of hydrogen-bond acceptors (Lipinski definition) is 3. The first-order valence-corrected chi connectivity index (χ1v) is 8.44. The van der Waals surface area contributed by atoms with E-state index in [2.05, 4.69) is 35.5 Å². The molecule has 0 aliphatic heterocycles. The van der Waals surface area contributed by atoms with E-state index in [1.807, 2.05) is 37.3 Å². The smallest absolute Gasteiger partial charge is 0.191 e. The van der Waals surface area contributed by atoms with Gasteiger partial charge in [0.05, 0.1) is 26.0 Å². The number of guanidine groups is 1. The van der Waals surface area contributed by atoms with E-state index in [1.54, 1.807) is 6.26 Å². The van der Waals surface area contributed by atoms with Crippen LogP contribution < -0.4 is 15.4 Å². The van der Waals surface area contributed by atoms with Gasteiger partial charge in [-0.05, 0) is 31.0 Å². The molecule has 1 heterocycles. The second-order valence-corrected chi connectivity index (χ2v) is 5.94. The molecule has 0 fully saturated rings. The average Bonchev–Trinajstić information content (AvgIpc) is 3.09. The molecular weight excluding hydrogens is 302 g/mol. The van der Waals surface area contributed by atoms with Crippen molar-refractivity contribution in [1.82, 2.24) is 10.6 Å². The van der Waals surface area contributed by atoms with Gasteiger partial charge in [-0.3, -0.25) is 0 Å². The zero-order chi connectivity index (χ0) is 17.2. The molecule has 130 valence electrons. The molecule has 0 saturated heterocycles. The molecule has 1 aromatic carbocycles. The van der Waals surface area contributed by atoms with Crippen LogP contribution in [0.25, 0.3) is 0 Å². The van der Waals surface area contributed by atoms with Crippen LogP contribution >= 0.6 is 0 Å². The van der Waals surface area contributed by atoms with Crippen molar-refractivity contribution >= 4 is 5.96 Å². The Morgan fingerprint density at radius 3 is 2.71 bits per heavy atom. The summed E-state index contributed by atoms with van der Waals surface area (Å²) >= 11 is 0. The van der Waals surface area contributed by atoms with Crippen LogP contribution in [0.3, 0.4) is 0 Å². The highest BCUT2D eigenvalue weighted by atomic mass is 16.5. The second-order valence-electron chi connectivity index (χ2n) is 5.94. The molecule has 0 saturated carbocycles. The van der Waals surface area contributed by atoms with Crippen LogP contribution in [0.5, 0.6) is 5.75 Å². The minimum Gasteiger partial charge on any atom is -0.493 e. The monoisotopic (exact) mass is 329 g/mol. The van der Waals surface area contributed by atoms with Crippen LogP contribution in [0, 0.1) is 5.92 Å². The maximum Gasteiger partial charge on any atom is 0.191 e. The van der Waals surface area contributed by atoms with E-state index in [1.165, 1.54) is 0 Å². The first-order chi connectivity index (χ1) is 11.7. The standard InChI is InChI=1S/C19H27N3O2/c1-4-20-19(22-13-17-9-7-11-23-17)21-12-16-8-5-6-10-18(16)24-14-15(2)3/h5-11,15H,4,12-14H2,1-3H3,(H2,20,21,22). The molecular formula is C19H27N3O2. The lowest BCUT2D eigenvalue weighted by atomic mass is 10.2. The number of hydrogen-bond donors (Lipinski definition) is 2. The molecule has 5 heteroatoms. The SMILES string of the molecule is CCNC(=NCc1ccccc1OCC(C)C)NCc1ccco1. The molecule has 1 aromatic heterocycles. The van der Waals surface area contributed by atoms with Gasteiger partial charge >= 0.3 is 0 Å². The molecule has 0 amide bonds. The van der Waals surface area contributed by atoms with Crippen molar-refractivity contribution in [1.29, 1.82) is 0 Å². The lowest BCUT2D eigenvalue weighted by Crippen LogP contribution is -2.36. The topological polar surface area (TPSA) is 58.8 Å². The molecule has 0 bridgehead atoms. The van der Waals surface area contributed by atoms with Gasteiger partial charge in [0.2, 0.25) is 0 Å². The summed E-state index contributed by atoms with van der Waals surface area (Å²) in [6.07, 6.45) is 1.67. The number of nitrogens with one attached hydrogen (secondary N) is 2. The molecule has 5 nitrogen and oxygen atoms in total. The zero-order valence-electron chi connectivity index (χ0n) is 14.7. The molecule has 0 aliphatic carbocycles. The summed E-state index contributed by atoms with van der Waals surface area (Å²) < 4.78 is 11.2. The maximum atomic E-state index is 5.88. The highest BCUT2D eigenvalue weighted by Crippen LogP contribution is 2.19. The van der Waals surface area contributed by atoms with E-state index < -0.39 is 0 Å². The van der Waals surface area contributed by atoms with E-state index in [0.29, 0.717) is 25.6 Å². The van der Waals surface area contributed by atoms with Gasteiger partial charge in [-0.1, -0.05) is 32.0 Å². The third-order valence-corrected chi connectivity index (χ3v) is 3.31. The van der Waals surface area contributed by atoms with Crippen molar-refractivity contribution in [3.63, 3.8) is 0 Å². The van der Waals surface area contributed by atoms with Gasteiger partial charge in [0.1, 0.15) is 11.5 Å². The Morgan fingerprint density at radius 2 is 2.00 bits per heavy atom. The Bertz CT molecular complexity index is 621. The molecule has 0 spiro atoms. The summed E-state index contributed by atoms with van der Waals surface area (Å²) in [5.41, 5.74) is 1.08. The normalized spacial score (nSPS) is 11.6. The third-order valence-electron chi connectivity index (χ3n) is 3.31. The van der Waals surface area contributed by atoms with Gasteiger partial charge in [0, 0.05) is 12.1 Å². The van der Waals surface area contributed by atoms with E-state index in [4.69, 9.17) is 9.15 Å². The molecule has 0 unspecified atom stereocenters. The van der Waals surface area contributed by atoms with Gasteiger partial charge in [0.15, 0.2) is 5.96 Å². The lowest BCUT2D eigenvalue weighted by molar-refractivity contribution is 0.268. The Kier molecular flexibility index (Phi) is 7.21. The largest absolute Gasteiger partial charge is 0.493 e. The third kappa shape index (κ3) is 5.99. The van der Waals surface area contributed by atoms with Crippen LogP contribution in [0.2, 0.25) is 0 Å². The summed E-state index contributed by atoms with van der Waals surface area (Å²) in [6.45, 7) is 8.99. The molecule has 0 radical (unpaired) electrons. The Hall–Kier alpha value is -2.43. The molecule has 2 aromatic rings. The summed E-state index contributed by atoms with van der Waals surface area (Å²) in [5.74, 6) is 3.03. The van der Waals surface area contributed by atoms with Gasteiger partial charge in [0.25, 0.3) is 0 Å². The van der Waals surface area contributed by atoms with E-state index >= 15 is 0 Å². The fraction of sp³-hybridized carbons (Fsp3) is 0.421. The van der Waals surface area contributed by atoms with Gasteiger partial charge < -0.3 is 19.8 Å². The number of aliphatic imine (C=N–C) groups is 1. The van der Waals surface area contributed by atoms with Crippen molar-refractivity contribution in [2.24, 2.45) is 10.9 Å². The van der Waals surface area contributed by atoms with Crippen LogP contribution in [0.1, 0.15) is 32.1 Å². The van der Waals surface area contributed by atoms with Gasteiger partial charge in [-0.2, -0.15) is 0 Å². The molecule has 0 aliphatic rings. The lowest BCUT2D eigenvalue weighted by Gasteiger charge is -2.13. The minimum absolute atomic E-state index is 0.494. The van der Waals surface area contributed by atoms with Crippen molar-refractivity contribution < 1.29 is 9.15 Å². The fourth-order valence-corrected chi connectivity index (χ4v) is 2.12. The van der Waals surface area contributed by atoms with Gasteiger partial charge in [-0.25, -0.2) is 4.99 Å². The number of ether oxygens (including phenoxy) is 1. The van der Waals surface area contributed by atoms with E-state index in [-0.39, 0.29) is 0 Å². The van der Waals surface area contributed by atoms with E-state index in [0.717, 1.165) is 29.6 Å². The Balaban J connectivity index is 1.99. The van der Waals surface area contributed by atoms with Crippen molar-refractivity contribution in [3.05, 3.63) is 54.0 Å². The Morgan fingerprint density at radius 1 is 1.17 bits per heavy atom. The van der Waals surface area contributed by atoms with Crippen molar-refractivity contribution in [2.75, 3.05) is 13.2 Å². The summed E-state index contributed by atoms with van der Waals surface area (Å²) in [6, 6.07) is 11.9. The zero-order valence-corrected chi connectivity index (χ0v) is 14.7. The first-order valence-electron chi connectivity index (χ1n) is 8.44. The van der Waals surface area contributed by atoms with Crippen LogP contribution in [-0.2, 0) is 13.1 Å². The maximum absolute atomic E-state index is 5.88. The van der Waals surface area contributed by atoms with Crippen LogP contribution in [-0.4, -0.2) is 19.1 Å². The van der Waals surface area contributed by atoms with Crippen LogP contribution in [0.4, 0.5) is 0 Å². The number of nitrogens with zero attached hydrogens (tertiary/aromatic N) is 1. The van der Waals surface area contributed by atoms with Gasteiger partial charge in [-0.15, -0.1) is 0 Å². The quantitative estimate of drug-likeness (QED) is 0.574. The van der Waals surface area contributed by atoms with Crippen molar-refractivity contribution in [3.8, 4) is 5.75 Å². The number of para-hydroxylation sites is 1. The molecule has 2 N–H and O–H groups in total. The summed E-state index contributed by atoms with van der Waals surface area (Å²) in [5, 5.41) is 6.51. The van der Waals surface area contributed by atoms with Crippen LogP contribution in [0.15, 0.2) is 52.1 Å². The van der Waals surface area contributed by atoms with E-state index in [9.17, 15) is 0 Å². The number of rotatable bonds is 8. The summed E-state index contributed by atoms with van der Waals surface area (Å²) in [4.78, 5) is 4.64. The predicted molar refractivity (Wildman–Crippen MR) is 97.1 cm³/mol. The second kappa shape index (κ2) is 9.65. The summed E-state index contributed by atoms with van der Waals surface area (Å²) in [7, 11) is 0. The molecule has 24 heavy (non-hydrogen) atoms. The average molecular weight is 329 g/mol.